The third-order valence-electron chi connectivity index (χ3n) is 2.31. The SMILES string of the molecule is C=CCC1(C)CNC(C)C1. The second-order valence-corrected chi connectivity index (χ2v) is 3.79. The summed E-state index contributed by atoms with van der Waals surface area (Å²) >= 11 is 0. The van der Waals surface area contributed by atoms with Gasteiger partial charge in [0.05, 0.1) is 0 Å². The lowest BCUT2D eigenvalue weighted by atomic mass is 9.85. The van der Waals surface area contributed by atoms with E-state index in [2.05, 4.69) is 25.7 Å². The summed E-state index contributed by atoms with van der Waals surface area (Å²) in [5.41, 5.74) is 0.487. The third-order valence-corrected chi connectivity index (χ3v) is 2.31. The van der Waals surface area contributed by atoms with Gasteiger partial charge < -0.3 is 5.32 Å². The number of rotatable bonds is 2. The number of allylic oxidation sites excluding steroid dienone is 1. The molecule has 0 aliphatic carbocycles. The fraction of sp³-hybridized carbons (Fsp3) is 0.778. The molecule has 0 radical (unpaired) electrons. The summed E-state index contributed by atoms with van der Waals surface area (Å²) in [6.45, 7) is 9.49. The van der Waals surface area contributed by atoms with Crippen LogP contribution in [-0.4, -0.2) is 12.6 Å². The molecule has 0 bridgehead atoms. The minimum Gasteiger partial charge on any atom is -0.314 e. The van der Waals surface area contributed by atoms with E-state index in [1.165, 1.54) is 6.42 Å². The lowest BCUT2D eigenvalue weighted by Crippen LogP contribution is -2.20. The molecule has 0 aromatic heterocycles. The van der Waals surface area contributed by atoms with Crippen LogP contribution < -0.4 is 5.32 Å². The van der Waals surface area contributed by atoms with Crippen molar-refractivity contribution in [1.82, 2.24) is 5.32 Å². The molecule has 1 heterocycles. The molecule has 1 fully saturated rings. The standard InChI is InChI=1S/C9H17N/c1-4-5-9(3)6-8(2)10-7-9/h4,8,10H,1,5-7H2,2-3H3. The number of nitrogens with one attached hydrogen (secondary N) is 1. The van der Waals surface area contributed by atoms with Crippen molar-refractivity contribution in [3.63, 3.8) is 0 Å². The minimum absolute atomic E-state index is 0.487. The third kappa shape index (κ3) is 1.60. The summed E-state index contributed by atoms with van der Waals surface area (Å²) in [6.07, 6.45) is 4.46. The van der Waals surface area contributed by atoms with Gasteiger partial charge in [-0.15, -0.1) is 6.58 Å². The highest BCUT2D eigenvalue weighted by molar-refractivity contribution is 4.92. The van der Waals surface area contributed by atoms with E-state index in [1.807, 2.05) is 6.08 Å². The van der Waals surface area contributed by atoms with Crippen molar-refractivity contribution in [2.24, 2.45) is 5.41 Å². The van der Waals surface area contributed by atoms with Crippen LogP contribution in [0.5, 0.6) is 0 Å². The van der Waals surface area contributed by atoms with E-state index in [0.29, 0.717) is 11.5 Å². The number of hydrogen-bond acceptors (Lipinski definition) is 1. The summed E-state index contributed by atoms with van der Waals surface area (Å²) in [7, 11) is 0. The van der Waals surface area contributed by atoms with Gasteiger partial charge in [0.25, 0.3) is 0 Å². The van der Waals surface area contributed by atoms with Crippen LogP contribution in [0.1, 0.15) is 26.7 Å². The second kappa shape index (κ2) is 2.75. The van der Waals surface area contributed by atoms with Crippen LogP contribution in [0.25, 0.3) is 0 Å². The van der Waals surface area contributed by atoms with Gasteiger partial charge in [-0.05, 0) is 25.2 Å². The molecule has 1 rings (SSSR count). The van der Waals surface area contributed by atoms with Gasteiger partial charge in [-0.3, -0.25) is 0 Å². The Morgan fingerprint density at radius 3 is 2.90 bits per heavy atom. The summed E-state index contributed by atoms with van der Waals surface area (Å²) in [4.78, 5) is 0. The summed E-state index contributed by atoms with van der Waals surface area (Å²) in [5.74, 6) is 0. The average Bonchev–Trinajstić information content (AvgIpc) is 2.12. The lowest BCUT2D eigenvalue weighted by Gasteiger charge is -2.19. The monoisotopic (exact) mass is 139 g/mol. The van der Waals surface area contributed by atoms with Gasteiger partial charge in [-0.25, -0.2) is 0 Å². The quantitative estimate of drug-likeness (QED) is 0.577. The molecule has 0 aromatic rings. The smallest absolute Gasteiger partial charge is 0.00447 e. The highest BCUT2D eigenvalue weighted by Crippen LogP contribution is 2.31. The fourth-order valence-corrected chi connectivity index (χ4v) is 1.81. The molecule has 58 valence electrons. The zero-order valence-corrected chi connectivity index (χ0v) is 6.98. The van der Waals surface area contributed by atoms with Gasteiger partial charge in [0.15, 0.2) is 0 Å². The molecular formula is C9H17N. The maximum atomic E-state index is 3.77. The van der Waals surface area contributed by atoms with Gasteiger partial charge in [0.2, 0.25) is 0 Å². The van der Waals surface area contributed by atoms with Crippen LogP contribution in [0.15, 0.2) is 12.7 Å². The Hall–Kier alpha value is -0.300. The molecule has 0 aromatic carbocycles. The Kier molecular flexibility index (Phi) is 2.14. The lowest BCUT2D eigenvalue weighted by molar-refractivity contribution is 0.364. The van der Waals surface area contributed by atoms with E-state index in [4.69, 9.17) is 0 Å². The van der Waals surface area contributed by atoms with Crippen molar-refractivity contribution in [1.29, 1.82) is 0 Å². The molecule has 0 spiro atoms. The Labute approximate surface area is 63.5 Å². The second-order valence-electron chi connectivity index (χ2n) is 3.79. The predicted molar refractivity (Wildman–Crippen MR) is 45.0 cm³/mol. The Balaban J connectivity index is 2.45. The van der Waals surface area contributed by atoms with E-state index in [-0.39, 0.29) is 0 Å². The Bertz CT molecular complexity index is 131. The number of hydrogen-bond donors (Lipinski definition) is 1. The molecule has 1 nitrogen and oxygen atoms in total. The highest BCUT2D eigenvalue weighted by atomic mass is 15.0. The van der Waals surface area contributed by atoms with Gasteiger partial charge in [-0.1, -0.05) is 13.0 Å². The zero-order chi connectivity index (χ0) is 7.61. The van der Waals surface area contributed by atoms with Crippen LogP contribution in [0, 0.1) is 5.41 Å². The molecule has 1 N–H and O–H groups in total. The molecule has 1 aliphatic rings. The first-order valence-electron chi connectivity index (χ1n) is 4.00. The van der Waals surface area contributed by atoms with Crippen molar-refractivity contribution >= 4 is 0 Å². The van der Waals surface area contributed by atoms with Gasteiger partial charge in [0.1, 0.15) is 0 Å². The largest absolute Gasteiger partial charge is 0.314 e. The van der Waals surface area contributed by atoms with E-state index < -0.39 is 0 Å². The average molecular weight is 139 g/mol. The first kappa shape index (κ1) is 7.80. The van der Waals surface area contributed by atoms with Gasteiger partial charge in [-0.2, -0.15) is 0 Å². The molecule has 2 atom stereocenters. The zero-order valence-electron chi connectivity index (χ0n) is 6.98. The molecule has 10 heavy (non-hydrogen) atoms. The fourth-order valence-electron chi connectivity index (χ4n) is 1.81. The topological polar surface area (TPSA) is 12.0 Å². The van der Waals surface area contributed by atoms with Gasteiger partial charge in [0, 0.05) is 12.6 Å². The molecule has 0 saturated carbocycles. The Morgan fingerprint density at radius 1 is 1.80 bits per heavy atom. The predicted octanol–water partition coefficient (Wildman–Crippen LogP) is 1.95. The van der Waals surface area contributed by atoms with Crippen molar-refractivity contribution in [3.8, 4) is 0 Å². The highest BCUT2D eigenvalue weighted by Gasteiger charge is 2.30. The summed E-state index contributed by atoms with van der Waals surface area (Å²) < 4.78 is 0. The van der Waals surface area contributed by atoms with Gasteiger partial charge >= 0.3 is 0 Å². The van der Waals surface area contributed by atoms with Crippen LogP contribution in [-0.2, 0) is 0 Å². The van der Waals surface area contributed by atoms with E-state index in [9.17, 15) is 0 Å². The maximum absolute atomic E-state index is 3.77. The first-order chi connectivity index (χ1) is 4.66. The first-order valence-corrected chi connectivity index (χ1v) is 4.00. The molecule has 1 heteroatoms. The van der Waals surface area contributed by atoms with Crippen LogP contribution in [0.2, 0.25) is 0 Å². The maximum Gasteiger partial charge on any atom is 0.00447 e. The minimum atomic E-state index is 0.487. The molecule has 2 unspecified atom stereocenters. The molecule has 1 aliphatic heterocycles. The van der Waals surface area contributed by atoms with Crippen molar-refractivity contribution in [2.45, 2.75) is 32.7 Å². The van der Waals surface area contributed by atoms with Crippen LogP contribution in [0.4, 0.5) is 0 Å². The van der Waals surface area contributed by atoms with Crippen molar-refractivity contribution < 1.29 is 0 Å². The van der Waals surface area contributed by atoms with Crippen molar-refractivity contribution in [2.75, 3.05) is 6.54 Å². The molecule has 1 saturated heterocycles. The van der Waals surface area contributed by atoms with Crippen LogP contribution in [0.3, 0.4) is 0 Å². The van der Waals surface area contributed by atoms with Crippen molar-refractivity contribution in [3.05, 3.63) is 12.7 Å². The molecule has 0 amide bonds. The molecular weight excluding hydrogens is 122 g/mol. The van der Waals surface area contributed by atoms with Crippen LogP contribution >= 0.6 is 0 Å². The van der Waals surface area contributed by atoms with E-state index in [0.717, 1.165) is 13.0 Å². The normalized spacial score (nSPS) is 40.0. The summed E-state index contributed by atoms with van der Waals surface area (Å²) in [6, 6.07) is 0.699. The van der Waals surface area contributed by atoms with E-state index in [1.54, 1.807) is 0 Å². The summed E-state index contributed by atoms with van der Waals surface area (Å²) in [5, 5.41) is 3.45. The van der Waals surface area contributed by atoms with E-state index >= 15 is 0 Å². The Morgan fingerprint density at radius 2 is 2.50 bits per heavy atom.